The highest BCUT2D eigenvalue weighted by atomic mass is 16.2. The summed E-state index contributed by atoms with van der Waals surface area (Å²) in [4.78, 5) is 38.3. The number of rotatable bonds is 4. The molecule has 7 heteroatoms. The van der Waals surface area contributed by atoms with Crippen LogP contribution in [0.4, 0.5) is 0 Å². The molecule has 1 aromatic rings. The fraction of sp³-hybridized carbons (Fsp3) is 0.625. The minimum absolute atomic E-state index is 0.156. The summed E-state index contributed by atoms with van der Waals surface area (Å²) in [5.41, 5.74) is 1.07. The van der Waals surface area contributed by atoms with E-state index in [1.807, 2.05) is 44.2 Å². The predicted octanol–water partition coefficient (Wildman–Crippen LogP) is 1.91. The van der Waals surface area contributed by atoms with E-state index in [0.717, 1.165) is 37.8 Å². The first kappa shape index (κ1) is 24.9. The Kier molecular flexibility index (Phi) is 10.5. The zero-order valence-electron chi connectivity index (χ0n) is 19.1. The number of amides is 3. The zero-order chi connectivity index (χ0) is 22.6. The number of benzene rings is 1. The number of carbonyl (C=O) groups is 3. The van der Waals surface area contributed by atoms with Gasteiger partial charge in [-0.15, -0.1) is 0 Å². The van der Waals surface area contributed by atoms with E-state index >= 15 is 0 Å². The van der Waals surface area contributed by atoms with Gasteiger partial charge in [0.25, 0.3) is 0 Å². The normalized spacial score (nSPS) is 24.9. The Morgan fingerprint density at radius 2 is 1.52 bits per heavy atom. The van der Waals surface area contributed by atoms with Crippen molar-refractivity contribution >= 4 is 17.7 Å². The van der Waals surface area contributed by atoms with Gasteiger partial charge in [-0.2, -0.15) is 0 Å². The van der Waals surface area contributed by atoms with E-state index in [-0.39, 0.29) is 23.6 Å². The Morgan fingerprint density at radius 1 is 0.839 bits per heavy atom. The van der Waals surface area contributed by atoms with Crippen molar-refractivity contribution in [1.29, 1.82) is 0 Å². The van der Waals surface area contributed by atoms with Crippen molar-refractivity contribution in [3.8, 4) is 0 Å². The van der Waals surface area contributed by atoms with Crippen molar-refractivity contribution in [3.05, 3.63) is 35.9 Å². The average Bonchev–Trinajstić information content (AvgIpc) is 2.73. The number of carbonyl (C=O) groups excluding carboxylic acids is 3. The molecular formula is C24H38N4O3. The van der Waals surface area contributed by atoms with Crippen LogP contribution in [0.5, 0.6) is 0 Å². The molecule has 1 fully saturated rings. The maximum Gasteiger partial charge on any atom is 0.242 e. The molecule has 7 nitrogen and oxygen atoms in total. The van der Waals surface area contributed by atoms with E-state index in [4.69, 9.17) is 0 Å². The second-order valence-electron chi connectivity index (χ2n) is 8.82. The second-order valence-corrected chi connectivity index (χ2v) is 8.82. The lowest BCUT2D eigenvalue weighted by atomic mass is 10.0. The smallest absolute Gasteiger partial charge is 0.242 e. The van der Waals surface area contributed by atoms with Crippen molar-refractivity contribution in [1.82, 2.24) is 21.3 Å². The monoisotopic (exact) mass is 430 g/mol. The molecule has 1 aromatic carbocycles. The summed E-state index contributed by atoms with van der Waals surface area (Å²) >= 11 is 0. The molecule has 1 saturated heterocycles. The molecule has 0 radical (unpaired) electrons. The molecule has 1 aliphatic heterocycles. The van der Waals surface area contributed by atoms with E-state index in [1.165, 1.54) is 0 Å². The average molecular weight is 431 g/mol. The maximum atomic E-state index is 13.0. The van der Waals surface area contributed by atoms with Crippen LogP contribution in [0.1, 0.15) is 58.4 Å². The molecule has 0 aliphatic carbocycles. The van der Waals surface area contributed by atoms with Gasteiger partial charge in [-0.3, -0.25) is 14.4 Å². The highest BCUT2D eigenvalue weighted by molar-refractivity contribution is 5.92. The van der Waals surface area contributed by atoms with Crippen LogP contribution < -0.4 is 21.3 Å². The molecule has 0 bridgehead atoms. The van der Waals surface area contributed by atoms with Crippen LogP contribution in [-0.2, 0) is 20.8 Å². The molecule has 4 N–H and O–H groups in total. The van der Waals surface area contributed by atoms with Gasteiger partial charge in [0.1, 0.15) is 12.1 Å². The van der Waals surface area contributed by atoms with Crippen LogP contribution >= 0.6 is 0 Å². The first-order valence-corrected chi connectivity index (χ1v) is 11.5. The molecule has 0 saturated carbocycles. The minimum Gasteiger partial charge on any atom is -0.354 e. The maximum absolute atomic E-state index is 13.0. The standard InChI is InChI=1S/C24H38N4O3/c1-17(2)15-21-23(30)26-14-10-5-4-9-13-25-20(16-19-11-7-6-8-12-19)24(31)27-18(3)22(29)28-21/h6-8,11-12,17-18,20-21,25H,4-5,9-10,13-16H2,1-3H3,(H,26,30)(H,27,31)(H,28,29)/t18-,20+,21+/m0/s1. The number of hydrogen-bond donors (Lipinski definition) is 4. The van der Waals surface area contributed by atoms with Crippen molar-refractivity contribution in [2.24, 2.45) is 5.92 Å². The Hall–Kier alpha value is -2.41. The van der Waals surface area contributed by atoms with Gasteiger partial charge in [0.2, 0.25) is 17.7 Å². The predicted molar refractivity (Wildman–Crippen MR) is 122 cm³/mol. The highest BCUT2D eigenvalue weighted by Gasteiger charge is 2.27. The molecule has 31 heavy (non-hydrogen) atoms. The Morgan fingerprint density at radius 3 is 2.19 bits per heavy atom. The summed E-state index contributed by atoms with van der Waals surface area (Å²) < 4.78 is 0. The van der Waals surface area contributed by atoms with Crippen molar-refractivity contribution < 1.29 is 14.4 Å². The summed E-state index contributed by atoms with van der Waals surface area (Å²) in [5, 5.41) is 12.0. The van der Waals surface area contributed by atoms with E-state index in [0.29, 0.717) is 19.4 Å². The van der Waals surface area contributed by atoms with Gasteiger partial charge >= 0.3 is 0 Å². The lowest BCUT2D eigenvalue weighted by Gasteiger charge is -2.25. The molecular weight excluding hydrogens is 392 g/mol. The summed E-state index contributed by atoms with van der Waals surface area (Å²) in [5.74, 6) is -0.453. The third-order valence-corrected chi connectivity index (χ3v) is 5.48. The van der Waals surface area contributed by atoms with E-state index in [1.54, 1.807) is 6.92 Å². The fourth-order valence-electron chi connectivity index (χ4n) is 3.70. The molecule has 0 unspecified atom stereocenters. The molecule has 0 spiro atoms. The molecule has 3 atom stereocenters. The summed E-state index contributed by atoms with van der Waals surface area (Å²) in [6, 6.07) is 8.11. The van der Waals surface area contributed by atoms with Gasteiger partial charge in [0, 0.05) is 6.54 Å². The van der Waals surface area contributed by atoms with Crippen molar-refractivity contribution in [3.63, 3.8) is 0 Å². The SMILES string of the molecule is CC(C)C[C@H]1NC(=O)[C@H](C)NC(=O)[C@@H](Cc2ccccc2)NCCCCCCNC1=O. The van der Waals surface area contributed by atoms with Crippen LogP contribution in [0.2, 0.25) is 0 Å². The van der Waals surface area contributed by atoms with Crippen LogP contribution in [0.25, 0.3) is 0 Å². The van der Waals surface area contributed by atoms with Gasteiger partial charge in [-0.05, 0) is 50.6 Å². The summed E-state index contributed by atoms with van der Waals surface area (Å²) in [7, 11) is 0. The zero-order valence-corrected chi connectivity index (χ0v) is 19.1. The van der Waals surface area contributed by atoms with Crippen LogP contribution in [0.15, 0.2) is 30.3 Å². The quantitative estimate of drug-likeness (QED) is 0.586. The first-order valence-electron chi connectivity index (χ1n) is 11.5. The molecule has 0 aromatic heterocycles. The summed E-state index contributed by atoms with van der Waals surface area (Å²) in [6.07, 6.45) is 5.01. The lowest BCUT2D eigenvalue weighted by Crippen LogP contribution is -2.56. The van der Waals surface area contributed by atoms with Crippen molar-refractivity contribution in [2.75, 3.05) is 13.1 Å². The third kappa shape index (κ3) is 9.09. The van der Waals surface area contributed by atoms with Crippen molar-refractivity contribution in [2.45, 2.75) is 77.4 Å². The Bertz CT molecular complexity index is 708. The van der Waals surface area contributed by atoms with Crippen LogP contribution in [0.3, 0.4) is 0 Å². The molecule has 172 valence electrons. The van der Waals surface area contributed by atoms with Crippen LogP contribution in [-0.4, -0.2) is 48.9 Å². The largest absolute Gasteiger partial charge is 0.354 e. The van der Waals surface area contributed by atoms with Crippen LogP contribution in [0, 0.1) is 5.92 Å². The lowest BCUT2D eigenvalue weighted by molar-refractivity contribution is -0.132. The summed E-state index contributed by atoms with van der Waals surface area (Å²) in [6.45, 7) is 7.03. The number of hydrogen-bond acceptors (Lipinski definition) is 4. The van der Waals surface area contributed by atoms with Gasteiger partial charge in [0.15, 0.2) is 0 Å². The third-order valence-electron chi connectivity index (χ3n) is 5.48. The molecule has 2 rings (SSSR count). The van der Waals surface area contributed by atoms with E-state index in [2.05, 4.69) is 21.3 Å². The molecule has 3 amide bonds. The second kappa shape index (κ2) is 13.1. The minimum atomic E-state index is -0.733. The Labute approximate surface area is 186 Å². The van der Waals surface area contributed by atoms with Gasteiger partial charge in [0.05, 0.1) is 6.04 Å². The molecule has 1 heterocycles. The Balaban J connectivity index is 2.10. The molecule has 1 aliphatic rings. The highest BCUT2D eigenvalue weighted by Crippen LogP contribution is 2.08. The van der Waals surface area contributed by atoms with E-state index in [9.17, 15) is 14.4 Å². The number of nitrogens with one attached hydrogen (secondary N) is 4. The topological polar surface area (TPSA) is 99.3 Å². The first-order chi connectivity index (χ1) is 14.9. The van der Waals surface area contributed by atoms with Gasteiger partial charge in [-0.25, -0.2) is 0 Å². The van der Waals surface area contributed by atoms with Gasteiger partial charge in [-0.1, -0.05) is 57.0 Å². The van der Waals surface area contributed by atoms with E-state index < -0.39 is 18.1 Å². The fourth-order valence-corrected chi connectivity index (χ4v) is 3.70. The van der Waals surface area contributed by atoms with Gasteiger partial charge < -0.3 is 21.3 Å².